The van der Waals surface area contributed by atoms with Crippen LogP contribution in [0.5, 0.6) is 0 Å². The van der Waals surface area contributed by atoms with E-state index < -0.39 is 0 Å². The maximum Gasteiger partial charge on any atom is 0.229 e. The monoisotopic (exact) mass is 276 g/mol. The number of nitrogens with one attached hydrogen (secondary N) is 2. The van der Waals surface area contributed by atoms with Crippen molar-refractivity contribution in [2.45, 2.75) is 44.7 Å². The molecule has 0 spiro atoms. The molecule has 0 aromatic heterocycles. The highest BCUT2D eigenvalue weighted by Gasteiger charge is 2.31. The summed E-state index contributed by atoms with van der Waals surface area (Å²) in [6.45, 7) is 5.60. The number of aliphatic hydroxyl groups excluding tert-OH is 1. The Morgan fingerprint density at radius 2 is 2.25 bits per heavy atom. The van der Waals surface area contributed by atoms with Crippen LogP contribution in [0.3, 0.4) is 0 Å². The molecular formula is C16H24N2O2. The molecule has 1 aliphatic heterocycles. The standard InChI is InChI=1S/C16H24N2O2/c1-3-16(2,8-9-19)18-15(20)14-11-17-10-12-6-4-5-7-13(12)14/h4-7,14,17,19H,3,8-11H2,1-2H3,(H,18,20). The van der Waals surface area contributed by atoms with E-state index in [1.165, 1.54) is 5.56 Å². The van der Waals surface area contributed by atoms with Crippen molar-refractivity contribution >= 4 is 5.91 Å². The molecule has 0 fully saturated rings. The van der Waals surface area contributed by atoms with Crippen molar-refractivity contribution in [1.29, 1.82) is 0 Å². The van der Waals surface area contributed by atoms with Crippen LogP contribution < -0.4 is 10.6 Å². The minimum Gasteiger partial charge on any atom is -0.396 e. The van der Waals surface area contributed by atoms with E-state index in [4.69, 9.17) is 5.11 Å². The summed E-state index contributed by atoms with van der Waals surface area (Å²) < 4.78 is 0. The summed E-state index contributed by atoms with van der Waals surface area (Å²) in [4.78, 5) is 12.6. The summed E-state index contributed by atoms with van der Waals surface area (Å²) in [6.07, 6.45) is 1.39. The Morgan fingerprint density at radius 3 is 2.95 bits per heavy atom. The molecule has 0 saturated carbocycles. The molecule has 0 aliphatic carbocycles. The third-order valence-electron chi connectivity index (χ3n) is 4.28. The second kappa shape index (κ2) is 6.37. The lowest BCUT2D eigenvalue weighted by Gasteiger charge is -2.33. The van der Waals surface area contributed by atoms with Crippen molar-refractivity contribution in [1.82, 2.24) is 10.6 Å². The van der Waals surface area contributed by atoms with Crippen LogP contribution in [-0.2, 0) is 11.3 Å². The van der Waals surface area contributed by atoms with Gasteiger partial charge in [-0.15, -0.1) is 0 Å². The predicted octanol–water partition coefficient (Wildman–Crippen LogP) is 1.54. The van der Waals surface area contributed by atoms with Crippen molar-refractivity contribution in [3.63, 3.8) is 0 Å². The third kappa shape index (κ3) is 3.19. The molecule has 2 rings (SSSR count). The van der Waals surface area contributed by atoms with Crippen LogP contribution in [0.2, 0.25) is 0 Å². The van der Waals surface area contributed by atoms with E-state index in [1.807, 2.05) is 32.0 Å². The molecule has 1 heterocycles. The normalized spacial score (nSPS) is 20.9. The first-order chi connectivity index (χ1) is 9.59. The summed E-state index contributed by atoms with van der Waals surface area (Å²) in [5.74, 6) is -0.105. The summed E-state index contributed by atoms with van der Waals surface area (Å²) in [6, 6.07) is 8.09. The van der Waals surface area contributed by atoms with E-state index in [1.54, 1.807) is 0 Å². The molecule has 110 valence electrons. The van der Waals surface area contributed by atoms with Crippen LogP contribution in [0.1, 0.15) is 43.7 Å². The fraction of sp³-hybridized carbons (Fsp3) is 0.562. The van der Waals surface area contributed by atoms with Crippen molar-refractivity contribution < 1.29 is 9.90 Å². The van der Waals surface area contributed by atoms with E-state index in [0.717, 1.165) is 18.5 Å². The molecule has 20 heavy (non-hydrogen) atoms. The summed E-state index contributed by atoms with van der Waals surface area (Å²) in [7, 11) is 0. The molecule has 2 atom stereocenters. The smallest absolute Gasteiger partial charge is 0.229 e. The van der Waals surface area contributed by atoms with E-state index in [-0.39, 0.29) is 24.0 Å². The molecular weight excluding hydrogens is 252 g/mol. The molecule has 4 heteroatoms. The van der Waals surface area contributed by atoms with E-state index in [0.29, 0.717) is 13.0 Å². The molecule has 2 unspecified atom stereocenters. The summed E-state index contributed by atoms with van der Waals surface area (Å²) >= 11 is 0. The molecule has 3 N–H and O–H groups in total. The number of rotatable bonds is 5. The summed E-state index contributed by atoms with van der Waals surface area (Å²) in [5.41, 5.74) is 1.98. The second-order valence-electron chi connectivity index (χ2n) is 5.76. The number of carbonyl (C=O) groups is 1. The Balaban J connectivity index is 2.14. The maximum atomic E-state index is 12.6. The lowest BCUT2D eigenvalue weighted by Crippen LogP contribution is -2.50. The SMILES string of the molecule is CCC(C)(CCO)NC(=O)C1CNCc2ccccc21. The predicted molar refractivity (Wildman–Crippen MR) is 79.4 cm³/mol. The largest absolute Gasteiger partial charge is 0.396 e. The molecule has 1 aliphatic rings. The van der Waals surface area contributed by atoms with Gasteiger partial charge < -0.3 is 15.7 Å². The van der Waals surface area contributed by atoms with Crippen LogP contribution in [0.25, 0.3) is 0 Å². The first kappa shape index (κ1) is 15.0. The Hall–Kier alpha value is -1.39. The van der Waals surface area contributed by atoms with Gasteiger partial charge >= 0.3 is 0 Å². The van der Waals surface area contributed by atoms with Crippen molar-refractivity contribution in [2.24, 2.45) is 0 Å². The quantitative estimate of drug-likeness (QED) is 0.764. The van der Waals surface area contributed by atoms with Gasteiger partial charge in [0.05, 0.1) is 5.92 Å². The number of fused-ring (bicyclic) bond motifs is 1. The van der Waals surface area contributed by atoms with Gasteiger partial charge in [0.1, 0.15) is 0 Å². The highest BCUT2D eigenvalue weighted by Crippen LogP contribution is 2.25. The van der Waals surface area contributed by atoms with E-state index in [9.17, 15) is 4.79 Å². The molecule has 0 bridgehead atoms. The van der Waals surface area contributed by atoms with E-state index in [2.05, 4.69) is 16.7 Å². The average Bonchev–Trinajstić information content (AvgIpc) is 2.46. The number of benzene rings is 1. The van der Waals surface area contributed by atoms with Gasteiger partial charge in [-0.2, -0.15) is 0 Å². The van der Waals surface area contributed by atoms with Gasteiger partial charge in [-0.25, -0.2) is 0 Å². The van der Waals surface area contributed by atoms with Crippen LogP contribution in [0.4, 0.5) is 0 Å². The Bertz CT molecular complexity index is 475. The fourth-order valence-corrected chi connectivity index (χ4v) is 2.69. The van der Waals surface area contributed by atoms with Crippen molar-refractivity contribution in [3.05, 3.63) is 35.4 Å². The minimum absolute atomic E-state index is 0.0439. The van der Waals surface area contributed by atoms with Gasteiger partial charge in [0, 0.05) is 25.2 Å². The molecule has 0 saturated heterocycles. The van der Waals surface area contributed by atoms with Gasteiger partial charge in [0.15, 0.2) is 0 Å². The molecule has 1 aromatic rings. The molecule has 0 radical (unpaired) electrons. The molecule has 1 aromatic carbocycles. The number of hydrogen-bond donors (Lipinski definition) is 3. The van der Waals surface area contributed by atoms with Gasteiger partial charge in [-0.1, -0.05) is 31.2 Å². The highest BCUT2D eigenvalue weighted by atomic mass is 16.3. The van der Waals surface area contributed by atoms with Crippen molar-refractivity contribution in [2.75, 3.05) is 13.2 Å². The molecule has 4 nitrogen and oxygen atoms in total. The van der Waals surface area contributed by atoms with E-state index >= 15 is 0 Å². The van der Waals surface area contributed by atoms with Gasteiger partial charge in [0.25, 0.3) is 0 Å². The van der Waals surface area contributed by atoms with Crippen molar-refractivity contribution in [3.8, 4) is 0 Å². The van der Waals surface area contributed by atoms with Gasteiger partial charge in [0.2, 0.25) is 5.91 Å². The Morgan fingerprint density at radius 1 is 1.50 bits per heavy atom. The lowest BCUT2D eigenvalue weighted by molar-refractivity contribution is -0.124. The average molecular weight is 276 g/mol. The lowest BCUT2D eigenvalue weighted by atomic mass is 9.88. The first-order valence-corrected chi connectivity index (χ1v) is 7.31. The van der Waals surface area contributed by atoms with Crippen LogP contribution in [-0.4, -0.2) is 29.7 Å². The second-order valence-corrected chi connectivity index (χ2v) is 5.76. The number of carbonyl (C=O) groups excluding carboxylic acids is 1. The third-order valence-corrected chi connectivity index (χ3v) is 4.28. The summed E-state index contributed by atoms with van der Waals surface area (Å²) in [5, 5.41) is 15.6. The minimum atomic E-state index is -0.335. The van der Waals surface area contributed by atoms with Gasteiger partial charge in [-0.05, 0) is 30.9 Å². The Kier molecular flexibility index (Phi) is 4.78. The fourth-order valence-electron chi connectivity index (χ4n) is 2.69. The highest BCUT2D eigenvalue weighted by molar-refractivity contribution is 5.85. The molecule has 1 amide bonds. The Labute approximate surface area is 120 Å². The number of aliphatic hydroxyl groups is 1. The zero-order chi connectivity index (χ0) is 14.6. The van der Waals surface area contributed by atoms with Gasteiger partial charge in [-0.3, -0.25) is 4.79 Å². The van der Waals surface area contributed by atoms with Crippen LogP contribution in [0.15, 0.2) is 24.3 Å². The number of amides is 1. The van der Waals surface area contributed by atoms with Crippen LogP contribution in [0, 0.1) is 0 Å². The number of hydrogen-bond acceptors (Lipinski definition) is 3. The maximum absolute atomic E-state index is 12.6. The zero-order valence-corrected chi connectivity index (χ0v) is 12.3. The zero-order valence-electron chi connectivity index (χ0n) is 12.3. The topological polar surface area (TPSA) is 61.4 Å². The first-order valence-electron chi connectivity index (χ1n) is 7.31. The van der Waals surface area contributed by atoms with Crippen LogP contribution >= 0.6 is 0 Å².